The van der Waals surface area contributed by atoms with Gasteiger partial charge in [-0.05, 0) is 68.9 Å². The van der Waals surface area contributed by atoms with Crippen molar-refractivity contribution in [3.8, 4) is 0 Å². The lowest BCUT2D eigenvalue weighted by atomic mass is 9.82. The van der Waals surface area contributed by atoms with Crippen LogP contribution in [-0.2, 0) is 9.84 Å². The van der Waals surface area contributed by atoms with Gasteiger partial charge in [0.15, 0.2) is 14.9 Å². The fourth-order valence-electron chi connectivity index (χ4n) is 4.15. The molecule has 10 heteroatoms. The number of nitrogens with one attached hydrogen (secondary N) is 1. The van der Waals surface area contributed by atoms with Crippen molar-refractivity contribution in [3.63, 3.8) is 0 Å². The van der Waals surface area contributed by atoms with Gasteiger partial charge in [-0.1, -0.05) is 11.6 Å². The highest BCUT2D eigenvalue weighted by atomic mass is 35.5. The van der Waals surface area contributed by atoms with Gasteiger partial charge in [-0.2, -0.15) is 0 Å². The van der Waals surface area contributed by atoms with Crippen molar-refractivity contribution in [1.29, 1.82) is 0 Å². The number of sulfone groups is 1. The molecule has 0 aliphatic heterocycles. The monoisotopic (exact) mass is 490 g/mol. The van der Waals surface area contributed by atoms with E-state index in [1.165, 1.54) is 18.3 Å². The van der Waals surface area contributed by atoms with Crippen LogP contribution in [-0.4, -0.2) is 35.2 Å². The highest BCUT2D eigenvalue weighted by Crippen LogP contribution is 2.39. The average molecular weight is 491 g/mol. The zero-order chi connectivity index (χ0) is 22.5. The lowest BCUT2D eigenvalue weighted by Gasteiger charge is -2.37. The van der Waals surface area contributed by atoms with Gasteiger partial charge in [-0.25, -0.2) is 18.4 Å². The third-order valence-electron chi connectivity index (χ3n) is 6.21. The number of halogens is 1. The molecule has 0 unspecified atom stereocenters. The van der Waals surface area contributed by atoms with E-state index in [2.05, 4.69) is 10.3 Å². The number of carbonyl (C=O) groups is 1. The van der Waals surface area contributed by atoms with Gasteiger partial charge in [0.05, 0.1) is 26.1 Å². The number of carbonyl (C=O) groups excluding carboxylic acids is 1. The molecule has 2 aliphatic carbocycles. The molecule has 7 nitrogen and oxygen atoms in total. The van der Waals surface area contributed by atoms with Crippen LogP contribution < -0.4 is 11.1 Å². The molecule has 2 aliphatic rings. The molecule has 168 valence electrons. The van der Waals surface area contributed by atoms with Crippen molar-refractivity contribution < 1.29 is 13.2 Å². The molecular weight excluding hydrogens is 468 g/mol. The molecule has 32 heavy (non-hydrogen) atoms. The summed E-state index contributed by atoms with van der Waals surface area (Å²) in [5, 5.41) is 4.25. The summed E-state index contributed by atoms with van der Waals surface area (Å²) >= 11 is 7.75. The number of nitrogens with zero attached hydrogens (tertiary/aromatic N) is 2. The first-order chi connectivity index (χ1) is 15.2. The zero-order valence-corrected chi connectivity index (χ0v) is 19.6. The Morgan fingerprint density at radius 1 is 1.16 bits per heavy atom. The van der Waals surface area contributed by atoms with Crippen molar-refractivity contribution in [3.05, 3.63) is 52.1 Å². The topological polar surface area (TPSA) is 115 Å². The lowest BCUT2D eigenvalue weighted by Crippen LogP contribution is -2.57. The summed E-state index contributed by atoms with van der Waals surface area (Å²) in [4.78, 5) is 21.6. The first-order valence-electron chi connectivity index (χ1n) is 10.6. The number of hydrogen-bond donors (Lipinski definition) is 2. The maximum Gasteiger partial charge on any atom is 0.252 e. The van der Waals surface area contributed by atoms with Gasteiger partial charge in [-0.15, -0.1) is 11.3 Å². The molecule has 5 rings (SSSR count). The third-order valence-corrected chi connectivity index (χ3v) is 9.80. The first kappa shape index (κ1) is 21.8. The van der Waals surface area contributed by atoms with E-state index in [0.717, 1.165) is 28.1 Å². The van der Waals surface area contributed by atoms with Gasteiger partial charge >= 0.3 is 0 Å². The molecule has 0 saturated heterocycles. The van der Waals surface area contributed by atoms with E-state index in [1.54, 1.807) is 11.3 Å². The van der Waals surface area contributed by atoms with Crippen LogP contribution in [0.1, 0.15) is 59.8 Å². The molecule has 0 bridgehead atoms. The van der Waals surface area contributed by atoms with E-state index >= 15 is 0 Å². The Balaban J connectivity index is 1.26. The SMILES string of the molecule is N[C@]1(NC(=O)c2ccnc(S(=O)(=O)C3CC3)c2)CC[C@@H](c2nc3cc(Cl)ccc3s2)CC1. The minimum absolute atomic E-state index is 0.0432. The van der Waals surface area contributed by atoms with Gasteiger partial charge in [0.25, 0.3) is 5.91 Å². The predicted molar refractivity (Wildman–Crippen MR) is 125 cm³/mol. The number of aromatic nitrogens is 2. The van der Waals surface area contributed by atoms with Crippen molar-refractivity contribution in [2.24, 2.45) is 5.73 Å². The highest BCUT2D eigenvalue weighted by molar-refractivity contribution is 7.92. The van der Waals surface area contributed by atoms with Gasteiger partial charge in [0.1, 0.15) is 0 Å². The molecule has 3 N–H and O–H groups in total. The third kappa shape index (κ3) is 4.26. The maximum absolute atomic E-state index is 12.8. The summed E-state index contributed by atoms with van der Waals surface area (Å²) in [7, 11) is -3.46. The van der Waals surface area contributed by atoms with Crippen LogP contribution in [0.2, 0.25) is 5.02 Å². The van der Waals surface area contributed by atoms with E-state index in [9.17, 15) is 13.2 Å². The molecular formula is C22H23ClN4O3S2. The summed E-state index contributed by atoms with van der Waals surface area (Å²) in [5.41, 5.74) is 6.84. The van der Waals surface area contributed by atoms with Gasteiger partial charge in [0, 0.05) is 22.7 Å². The number of fused-ring (bicyclic) bond motifs is 1. The van der Waals surface area contributed by atoms with Crippen LogP contribution in [0.25, 0.3) is 10.2 Å². The number of benzene rings is 1. The van der Waals surface area contributed by atoms with Gasteiger partial charge in [-0.3, -0.25) is 4.79 Å². The Morgan fingerprint density at radius 3 is 2.62 bits per heavy atom. The summed E-state index contributed by atoms with van der Waals surface area (Å²) in [6, 6.07) is 8.60. The molecule has 2 heterocycles. The average Bonchev–Trinajstić information content (AvgIpc) is 3.55. The van der Waals surface area contributed by atoms with Crippen molar-refractivity contribution in [2.45, 2.75) is 60.4 Å². The smallest absolute Gasteiger partial charge is 0.252 e. The lowest BCUT2D eigenvalue weighted by molar-refractivity contribution is 0.0867. The largest absolute Gasteiger partial charge is 0.334 e. The Labute approximate surface area is 195 Å². The molecule has 2 fully saturated rings. The van der Waals surface area contributed by atoms with Gasteiger partial charge < -0.3 is 11.1 Å². The van der Waals surface area contributed by atoms with Crippen molar-refractivity contribution in [2.75, 3.05) is 0 Å². The van der Waals surface area contributed by atoms with Crippen LogP contribution in [0.5, 0.6) is 0 Å². The van der Waals surface area contributed by atoms with E-state index in [4.69, 9.17) is 22.3 Å². The maximum atomic E-state index is 12.8. The highest BCUT2D eigenvalue weighted by Gasteiger charge is 2.39. The molecule has 3 aromatic rings. The number of rotatable bonds is 5. The summed E-state index contributed by atoms with van der Waals surface area (Å²) < 4.78 is 26.0. The van der Waals surface area contributed by atoms with Crippen LogP contribution >= 0.6 is 22.9 Å². The van der Waals surface area contributed by atoms with Crippen LogP contribution in [0.4, 0.5) is 0 Å². The van der Waals surface area contributed by atoms with Crippen LogP contribution in [0, 0.1) is 0 Å². The Hall–Kier alpha value is -2.07. The summed E-state index contributed by atoms with van der Waals surface area (Å²) in [6.07, 6.45) is 5.49. The Morgan fingerprint density at radius 2 is 1.91 bits per heavy atom. The van der Waals surface area contributed by atoms with Crippen molar-refractivity contribution >= 4 is 48.9 Å². The van der Waals surface area contributed by atoms with E-state index < -0.39 is 15.5 Å². The van der Waals surface area contributed by atoms with E-state index in [0.29, 0.717) is 30.7 Å². The second-order valence-electron chi connectivity index (χ2n) is 8.68. The second kappa shape index (κ2) is 8.06. The van der Waals surface area contributed by atoms with E-state index in [-0.39, 0.29) is 27.7 Å². The molecule has 1 aromatic carbocycles. The number of amides is 1. The first-order valence-corrected chi connectivity index (χ1v) is 13.3. The quantitative estimate of drug-likeness (QED) is 0.522. The molecule has 0 spiro atoms. The van der Waals surface area contributed by atoms with Crippen LogP contribution in [0.15, 0.2) is 41.6 Å². The zero-order valence-electron chi connectivity index (χ0n) is 17.3. The fraction of sp³-hybridized carbons (Fsp3) is 0.409. The second-order valence-corrected chi connectivity index (χ2v) is 12.3. The number of nitrogens with two attached hydrogens (primary N) is 1. The number of hydrogen-bond acceptors (Lipinski definition) is 7. The van der Waals surface area contributed by atoms with Gasteiger partial charge in [0.2, 0.25) is 0 Å². The summed E-state index contributed by atoms with van der Waals surface area (Å²) in [5.74, 6) is -0.0915. The Kier molecular flexibility index (Phi) is 5.48. The predicted octanol–water partition coefficient (Wildman–Crippen LogP) is 4.02. The minimum atomic E-state index is -3.46. The minimum Gasteiger partial charge on any atom is -0.334 e. The number of thiazole rings is 1. The number of pyridine rings is 1. The van der Waals surface area contributed by atoms with Crippen molar-refractivity contribution in [1.82, 2.24) is 15.3 Å². The normalized spacial score (nSPS) is 23.9. The molecule has 0 atom stereocenters. The molecule has 2 saturated carbocycles. The summed E-state index contributed by atoms with van der Waals surface area (Å²) in [6.45, 7) is 0. The van der Waals surface area contributed by atoms with Crippen LogP contribution in [0.3, 0.4) is 0 Å². The molecule has 1 amide bonds. The fourth-order valence-corrected chi connectivity index (χ4v) is 7.03. The molecule has 0 radical (unpaired) electrons. The molecule has 2 aromatic heterocycles. The Bertz CT molecular complexity index is 1300. The van der Waals surface area contributed by atoms with E-state index in [1.807, 2.05) is 18.2 Å². The standard InChI is InChI=1S/C22H23ClN4O3S2/c23-15-1-4-18-17(12-15)26-21(31-18)13-5-8-22(24,9-6-13)27-20(28)14-7-10-25-19(11-14)32(29,30)16-2-3-16/h1,4,7,10-13,16H,2-3,5-6,8-9,24H2,(H,27,28)/t13-,22+.